The van der Waals surface area contributed by atoms with Crippen LogP contribution in [0.2, 0.25) is 0 Å². The van der Waals surface area contributed by atoms with E-state index in [1.165, 1.54) is 0 Å². The number of nitrogens with zero attached hydrogens (tertiary/aromatic N) is 2. The van der Waals surface area contributed by atoms with Gasteiger partial charge in [0.1, 0.15) is 11.5 Å². The molecule has 88 valence electrons. The zero-order valence-corrected chi connectivity index (χ0v) is 11.2. The monoisotopic (exact) mass is 293 g/mol. The molecule has 0 saturated heterocycles. The van der Waals surface area contributed by atoms with Crippen molar-refractivity contribution in [1.29, 1.82) is 0 Å². The molecule has 1 N–H and O–H groups in total. The van der Waals surface area contributed by atoms with Gasteiger partial charge in [0.15, 0.2) is 0 Å². The summed E-state index contributed by atoms with van der Waals surface area (Å²) in [6.07, 6.45) is 1.83. The Morgan fingerprint density at radius 3 is 2.82 bits per heavy atom. The first-order valence-electron chi connectivity index (χ1n) is 5.13. The Hall–Kier alpha value is -1.62. The predicted molar refractivity (Wildman–Crippen MR) is 70.0 cm³/mol. The second-order valence-electron chi connectivity index (χ2n) is 3.77. The Morgan fingerprint density at radius 2 is 2.24 bits per heavy atom. The number of halogens is 1. The first-order valence-corrected chi connectivity index (χ1v) is 5.92. The maximum atomic E-state index is 12.0. The zero-order valence-electron chi connectivity index (χ0n) is 9.57. The normalized spacial score (nSPS) is 10.3. The Morgan fingerprint density at radius 1 is 1.47 bits per heavy atom. The highest BCUT2D eigenvalue weighted by Gasteiger charge is 2.11. The first-order chi connectivity index (χ1) is 8.06. The minimum absolute atomic E-state index is 0.170. The fourth-order valence-electron chi connectivity index (χ4n) is 1.54. The molecule has 0 spiro atoms. The van der Waals surface area contributed by atoms with Crippen LogP contribution in [0.4, 0.5) is 5.82 Å². The van der Waals surface area contributed by atoms with Crippen LogP contribution in [0, 0.1) is 6.92 Å². The topological polar surface area (TPSA) is 46.9 Å². The largest absolute Gasteiger partial charge is 0.345 e. The summed E-state index contributed by atoms with van der Waals surface area (Å²) in [6, 6.07) is 7.28. The van der Waals surface area contributed by atoms with Crippen molar-refractivity contribution >= 4 is 27.7 Å². The summed E-state index contributed by atoms with van der Waals surface area (Å²) in [7, 11) is 1.82. The van der Waals surface area contributed by atoms with E-state index >= 15 is 0 Å². The first kappa shape index (κ1) is 11.9. The third-order valence-electron chi connectivity index (χ3n) is 2.33. The Kier molecular flexibility index (Phi) is 3.28. The van der Waals surface area contributed by atoms with Gasteiger partial charge in [0.05, 0.1) is 0 Å². The lowest BCUT2D eigenvalue weighted by atomic mass is 10.3. The van der Waals surface area contributed by atoms with Crippen molar-refractivity contribution in [2.75, 3.05) is 5.32 Å². The molecule has 0 bridgehead atoms. The van der Waals surface area contributed by atoms with Crippen molar-refractivity contribution in [3.63, 3.8) is 0 Å². The zero-order chi connectivity index (χ0) is 12.4. The molecule has 17 heavy (non-hydrogen) atoms. The van der Waals surface area contributed by atoms with Crippen LogP contribution >= 0.6 is 15.9 Å². The third kappa shape index (κ3) is 2.74. The van der Waals surface area contributed by atoms with Crippen molar-refractivity contribution in [2.24, 2.45) is 7.05 Å². The molecule has 0 fully saturated rings. The van der Waals surface area contributed by atoms with Gasteiger partial charge in [-0.25, -0.2) is 4.98 Å². The molecule has 0 saturated carbocycles. The van der Waals surface area contributed by atoms with Gasteiger partial charge in [0.25, 0.3) is 5.91 Å². The van der Waals surface area contributed by atoms with E-state index in [4.69, 9.17) is 0 Å². The summed E-state index contributed by atoms with van der Waals surface area (Å²) in [6.45, 7) is 1.88. The van der Waals surface area contributed by atoms with Gasteiger partial charge in [-0.2, -0.15) is 0 Å². The second-order valence-corrected chi connectivity index (χ2v) is 4.69. The molecule has 0 aliphatic heterocycles. The highest BCUT2D eigenvalue weighted by molar-refractivity contribution is 9.10. The quantitative estimate of drug-likeness (QED) is 0.925. The summed E-state index contributed by atoms with van der Waals surface area (Å²) in [5.41, 5.74) is 1.45. The van der Waals surface area contributed by atoms with Gasteiger partial charge in [-0.3, -0.25) is 4.79 Å². The van der Waals surface area contributed by atoms with Crippen molar-refractivity contribution in [3.8, 4) is 0 Å². The Labute approximate surface area is 108 Å². The summed E-state index contributed by atoms with van der Waals surface area (Å²) in [4.78, 5) is 16.2. The number of carbonyl (C=O) groups is 1. The number of rotatable bonds is 2. The van der Waals surface area contributed by atoms with E-state index in [1.54, 1.807) is 16.7 Å². The number of aromatic nitrogens is 2. The van der Waals surface area contributed by atoms with E-state index in [2.05, 4.69) is 26.2 Å². The van der Waals surface area contributed by atoms with Gasteiger partial charge in [-0.15, -0.1) is 0 Å². The van der Waals surface area contributed by atoms with Crippen LogP contribution in [-0.2, 0) is 7.05 Å². The summed E-state index contributed by atoms with van der Waals surface area (Å²) in [5, 5.41) is 2.76. The molecule has 2 heterocycles. The standard InChI is InChI=1S/C12H12BrN3O/c1-8-4-3-5-11(14-8)15-12(17)10-6-9(13)7-16(10)2/h3-7H,1-2H3,(H,14,15,17). The van der Waals surface area contributed by atoms with E-state index in [0.29, 0.717) is 11.5 Å². The molecule has 5 heteroatoms. The fourth-order valence-corrected chi connectivity index (χ4v) is 2.07. The van der Waals surface area contributed by atoms with Gasteiger partial charge in [-0.05, 0) is 41.1 Å². The van der Waals surface area contributed by atoms with Crippen molar-refractivity contribution in [3.05, 3.63) is 46.3 Å². The minimum Gasteiger partial charge on any atom is -0.345 e. The van der Waals surface area contributed by atoms with E-state index in [9.17, 15) is 4.79 Å². The van der Waals surface area contributed by atoms with Crippen molar-refractivity contribution in [1.82, 2.24) is 9.55 Å². The number of aryl methyl sites for hydroxylation is 2. The molecule has 2 aromatic rings. The molecule has 0 radical (unpaired) electrons. The molecule has 0 atom stereocenters. The van der Waals surface area contributed by atoms with E-state index in [-0.39, 0.29) is 5.91 Å². The highest BCUT2D eigenvalue weighted by atomic mass is 79.9. The maximum Gasteiger partial charge on any atom is 0.273 e. The molecule has 2 aromatic heterocycles. The fraction of sp³-hybridized carbons (Fsp3) is 0.167. The van der Waals surface area contributed by atoms with Crippen LogP contribution in [-0.4, -0.2) is 15.5 Å². The van der Waals surface area contributed by atoms with Crippen molar-refractivity contribution in [2.45, 2.75) is 6.92 Å². The van der Waals surface area contributed by atoms with E-state index < -0.39 is 0 Å². The number of nitrogens with one attached hydrogen (secondary N) is 1. The lowest BCUT2D eigenvalue weighted by Crippen LogP contribution is -2.16. The molecule has 4 nitrogen and oxygen atoms in total. The molecule has 1 amide bonds. The third-order valence-corrected chi connectivity index (χ3v) is 2.77. The summed E-state index contributed by atoms with van der Waals surface area (Å²) in [5.74, 6) is 0.392. The molecular formula is C12H12BrN3O. The number of hydrogen-bond donors (Lipinski definition) is 1. The van der Waals surface area contributed by atoms with Gasteiger partial charge in [0.2, 0.25) is 0 Å². The van der Waals surface area contributed by atoms with Gasteiger partial charge in [0, 0.05) is 23.4 Å². The number of anilines is 1. The lowest BCUT2D eigenvalue weighted by molar-refractivity contribution is 0.101. The molecule has 0 aliphatic rings. The average Bonchev–Trinajstić information content (AvgIpc) is 2.58. The van der Waals surface area contributed by atoms with Crippen LogP contribution in [0.15, 0.2) is 34.9 Å². The van der Waals surface area contributed by atoms with Gasteiger partial charge in [-0.1, -0.05) is 6.07 Å². The molecular weight excluding hydrogens is 282 g/mol. The Balaban J connectivity index is 2.20. The van der Waals surface area contributed by atoms with E-state index in [1.807, 2.05) is 32.3 Å². The van der Waals surface area contributed by atoms with Crippen LogP contribution < -0.4 is 5.32 Å². The van der Waals surface area contributed by atoms with Crippen LogP contribution in [0.1, 0.15) is 16.2 Å². The molecule has 2 rings (SSSR count). The average molecular weight is 294 g/mol. The molecule has 0 aromatic carbocycles. The minimum atomic E-state index is -0.170. The maximum absolute atomic E-state index is 12.0. The lowest BCUT2D eigenvalue weighted by Gasteiger charge is -2.05. The summed E-state index contributed by atoms with van der Waals surface area (Å²) >= 11 is 3.33. The number of carbonyl (C=O) groups excluding carboxylic acids is 1. The smallest absolute Gasteiger partial charge is 0.273 e. The molecule has 0 unspecified atom stereocenters. The molecule has 0 aliphatic carbocycles. The number of amides is 1. The van der Waals surface area contributed by atoms with Gasteiger partial charge < -0.3 is 9.88 Å². The second kappa shape index (κ2) is 4.71. The van der Waals surface area contributed by atoms with Gasteiger partial charge >= 0.3 is 0 Å². The van der Waals surface area contributed by atoms with Crippen LogP contribution in [0.25, 0.3) is 0 Å². The summed E-state index contributed by atoms with van der Waals surface area (Å²) < 4.78 is 2.64. The SMILES string of the molecule is Cc1cccc(NC(=O)c2cc(Br)cn2C)n1. The van der Waals surface area contributed by atoms with Crippen LogP contribution in [0.5, 0.6) is 0 Å². The number of pyridine rings is 1. The van der Waals surface area contributed by atoms with Crippen LogP contribution in [0.3, 0.4) is 0 Å². The highest BCUT2D eigenvalue weighted by Crippen LogP contribution is 2.15. The van der Waals surface area contributed by atoms with Crippen molar-refractivity contribution < 1.29 is 4.79 Å². The Bertz CT molecular complexity index is 563. The van der Waals surface area contributed by atoms with E-state index in [0.717, 1.165) is 10.2 Å². The predicted octanol–water partition coefficient (Wildman–Crippen LogP) is 2.74. The number of hydrogen-bond acceptors (Lipinski definition) is 2.